The molecule has 9 nitrogen and oxygen atoms in total. The molecule has 2 atom stereocenters. The summed E-state index contributed by atoms with van der Waals surface area (Å²) in [6, 6.07) is 64.8. The average molecular weight is 991 g/mol. The largest absolute Gasteiger partial charge is 0.472 e. The third-order valence-electron chi connectivity index (χ3n) is 12.9. The second-order valence-corrected chi connectivity index (χ2v) is 18.9. The first kappa shape index (κ1) is 51.6. The molecular weight excluding hydrogens is 926 g/mol. The second kappa shape index (κ2) is 26.6. The Morgan fingerprint density at radius 1 is 0.507 bits per heavy atom. The number of aromatic nitrogens is 2. The minimum atomic E-state index is -0.430. The van der Waals surface area contributed by atoms with Gasteiger partial charge < -0.3 is 24.2 Å². The van der Waals surface area contributed by atoms with E-state index in [-0.39, 0.29) is 18.1 Å². The minimum Gasteiger partial charge on any atom is -0.472 e. The highest BCUT2D eigenvalue weighted by Gasteiger charge is 2.29. The number of pyridine rings is 2. The molecule has 2 aromatic heterocycles. The highest BCUT2D eigenvalue weighted by molar-refractivity contribution is 6.68. The van der Waals surface area contributed by atoms with Crippen LogP contribution in [0.1, 0.15) is 73.4 Å². The molecule has 1 amide bonds. The van der Waals surface area contributed by atoms with Crippen molar-refractivity contribution in [1.29, 1.82) is 0 Å². The van der Waals surface area contributed by atoms with E-state index in [1.54, 1.807) is 12.3 Å². The van der Waals surface area contributed by atoms with Gasteiger partial charge in [0.05, 0.1) is 24.2 Å². The maximum atomic E-state index is 14.0. The Balaban J connectivity index is 0.000000162. The zero-order valence-corrected chi connectivity index (χ0v) is 42.6. The van der Waals surface area contributed by atoms with Crippen molar-refractivity contribution < 1.29 is 19.1 Å². The monoisotopic (exact) mass is 989 g/mol. The Bertz CT molecular complexity index is 2850. The summed E-state index contributed by atoms with van der Waals surface area (Å²) in [5.74, 6) is 1.32. The maximum absolute atomic E-state index is 14.0. The fraction of sp³-hybridized carbons (Fsp3) is 0.238. The summed E-state index contributed by atoms with van der Waals surface area (Å²) in [5.41, 5.74) is 10.4. The van der Waals surface area contributed by atoms with Crippen molar-refractivity contribution in [2.75, 3.05) is 36.0 Å². The molecule has 0 unspecified atom stereocenters. The minimum absolute atomic E-state index is 0.0304. The van der Waals surface area contributed by atoms with Crippen LogP contribution in [-0.2, 0) is 25.9 Å². The van der Waals surface area contributed by atoms with Gasteiger partial charge in [0.1, 0.15) is 12.2 Å². The normalized spacial score (nSPS) is 14.8. The zero-order chi connectivity index (χ0) is 50.6. The van der Waals surface area contributed by atoms with E-state index in [0.717, 1.165) is 78.2 Å². The third-order valence-corrected chi connectivity index (χ3v) is 13.1. The Kier molecular flexibility index (Phi) is 18.8. The number of hydrogen-bond acceptors (Lipinski definition) is 8. The van der Waals surface area contributed by atoms with Gasteiger partial charge >= 0.3 is 0 Å². The van der Waals surface area contributed by atoms with E-state index in [4.69, 9.17) is 21.1 Å². The number of carbonyl (C=O) groups excluding carboxylic acids is 2. The lowest BCUT2D eigenvalue weighted by atomic mass is 10.0. The van der Waals surface area contributed by atoms with Gasteiger partial charge in [-0.1, -0.05) is 158 Å². The Morgan fingerprint density at radius 3 is 1.30 bits per heavy atom. The van der Waals surface area contributed by atoms with Crippen LogP contribution in [0.25, 0.3) is 0 Å². The van der Waals surface area contributed by atoms with Crippen molar-refractivity contribution in [3.63, 3.8) is 0 Å². The molecule has 0 radical (unpaired) electrons. The van der Waals surface area contributed by atoms with E-state index in [1.807, 2.05) is 128 Å². The lowest BCUT2D eigenvalue weighted by Gasteiger charge is -2.27. The quantitative estimate of drug-likeness (QED) is 0.0885. The predicted octanol–water partition coefficient (Wildman–Crippen LogP) is 13.2. The Labute approximate surface area is 436 Å². The van der Waals surface area contributed by atoms with Crippen molar-refractivity contribution in [2.24, 2.45) is 0 Å². The van der Waals surface area contributed by atoms with Crippen LogP contribution in [0.3, 0.4) is 0 Å². The van der Waals surface area contributed by atoms with Crippen molar-refractivity contribution in [3.05, 3.63) is 251 Å². The number of halogens is 1. The molecule has 0 saturated carbocycles. The molecule has 10 heteroatoms. The molecular formula is C63H64ClN5O4. The summed E-state index contributed by atoms with van der Waals surface area (Å²) in [6.07, 6.45) is 9.07. The Morgan fingerprint density at radius 2 is 0.890 bits per heavy atom. The molecule has 4 heterocycles. The average Bonchev–Trinajstić information content (AvgIpc) is 4.11. The molecule has 2 saturated heterocycles. The van der Waals surface area contributed by atoms with Crippen LogP contribution in [0.2, 0.25) is 0 Å². The fourth-order valence-electron chi connectivity index (χ4n) is 9.09. The first-order valence-electron chi connectivity index (χ1n) is 25.3. The van der Waals surface area contributed by atoms with Gasteiger partial charge in [-0.2, -0.15) is 0 Å². The molecule has 73 heavy (non-hydrogen) atoms. The first-order valence-corrected chi connectivity index (χ1v) is 25.6. The van der Waals surface area contributed by atoms with Crippen LogP contribution in [0.15, 0.2) is 207 Å². The number of ether oxygens (including phenoxy) is 2. The molecule has 6 aromatic carbocycles. The topological polar surface area (TPSA) is 88.1 Å². The van der Waals surface area contributed by atoms with Crippen molar-refractivity contribution in [3.8, 4) is 11.8 Å². The highest BCUT2D eigenvalue weighted by Crippen LogP contribution is 2.30. The van der Waals surface area contributed by atoms with Crippen molar-refractivity contribution in [1.82, 2.24) is 14.9 Å². The van der Waals surface area contributed by atoms with E-state index < -0.39 is 5.24 Å². The number of carbonyl (C=O) groups is 2. The van der Waals surface area contributed by atoms with Gasteiger partial charge in [0, 0.05) is 74.9 Å². The molecule has 372 valence electrons. The van der Waals surface area contributed by atoms with Gasteiger partial charge in [-0.25, -0.2) is 9.97 Å². The molecule has 10 rings (SSSR count). The van der Waals surface area contributed by atoms with Gasteiger partial charge in [0.15, 0.2) is 0 Å². The zero-order valence-electron chi connectivity index (χ0n) is 41.8. The molecule has 2 aliphatic rings. The summed E-state index contributed by atoms with van der Waals surface area (Å²) in [7, 11) is 0. The van der Waals surface area contributed by atoms with Gasteiger partial charge in [-0.05, 0) is 102 Å². The van der Waals surface area contributed by atoms with E-state index in [0.29, 0.717) is 30.4 Å². The standard InChI is InChI=1S/C31H31N3O2.C17H17ClN2O2.C15H16/c1-24-16-17-30(32-20-24)36-27-18-19-33(23-27)29-15-9-8-14-28(29)31(35)34(21-25-10-4-2-5-11-25)22-26-12-6-3-7-13-26;1-12-6-7-16(19-10-12)22-13-8-9-20(11-13)15-5-3-2-4-14(15)17(18)21;1-3-8-14(9-4-1)12-7-13-15-10-5-2-6-11-15/h2-17,20,27H,18-19,21-23H2,1H3;2-7,10,13H,8-9,11H2,1H3;1-6,8-11H,7,12-13H2/t27-;13-;/m00./s1. The Hall–Kier alpha value is -7.75. The van der Waals surface area contributed by atoms with Crippen molar-refractivity contribution in [2.45, 2.75) is 71.2 Å². The number of anilines is 2. The van der Waals surface area contributed by atoms with E-state index in [2.05, 4.69) is 105 Å². The number of amides is 1. The van der Waals surface area contributed by atoms with Gasteiger partial charge in [-0.3, -0.25) is 9.59 Å². The van der Waals surface area contributed by atoms with Crippen LogP contribution >= 0.6 is 11.6 Å². The number of para-hydroxylation sites is 2. The summed E-state index contributed by atoms with van der Waals surface area (Å²) in [6.45, 7) is 8.21. The maximum Gasteiger partial charge on any atom is 0.256 e. The molecule has 0 N–H and O–H groups in total. The second-order valence-electron chi connectivity index (χ2n) is 18.6. The lowest BCUT2D eigenvalue weighted by Crippen LogP contribution is -2.32. The molecule has 2 fully saturated rings. The number of benzene rings is 6. The van der Waals surface area contributed by atoms with Crippen LogP contribution in [0, 0.1) is 13.8 Å². The molecule has 0 bridgehead atoms. The molecule has 2 aliphatic heterocycles. The van der Waals surface area contributed by atoms with Gasteiger partial charge in [-0.15, -0.1) is 0 Å². The molecule has 8 aromatic rings. The van der Waals surface area contributed by atoms with Crippen LogP contribution in [-0.4, -0.2) is 64.4 Å². The lowest BCUT2D eigenvalue weighted by molar-refractivity contribution is 0.0730. The van der Waals surface area contributed by atoms with Crippen LogP contribution < -0.4 is 19.3 Å². The number of rotatable bonds is 16. The van der Waals surface area contributed by atoms with E-state index in [1.165, 1.54) is 30.4 Å². The number of aryl methyl sites for hydroxylation is 4. The highest BCUT2D eigenvalue weighted by atomic mass is 35.5. The number of hydrogen-bond donors (Lipinski definition) is 0. The van der Waals surface area contributed by atoms with Crippen LogP contribution in [0.4, 0.5) is 11.4 Å². The van der Waals surface area contributed by atoms with E-state index >= 15 is 0 Å². The number of nitrogens with zero attached hydrogens (tertiary/aromatic N) is 5. The van der Waals surface area contributed by atoms with Crippen molar-refractivity contribution >= 4 is 34.1 Å². The third kappa shape index (κ3) is 15.6. The smallest absolute Gasteiger partial charge is 0.256 e. The fourth-order valence-corrected chi connectivity index (χ4v) is 9.24. The summed E-state index contributed by atoms with van der Waals surface area (Å²) >= 11 is 5.66. The first-order chi connectivity index (χ1) is 35.7. The molecule has 0 aliphatic carbocycles. The predicted molar refractivity (Wildman–Crippen MR) is 295 cm³/mol. The molecule has 0 spiro atoms. The van der Waals surface area contributed by atoms with Gasteiger partial charge in [0.25, 0.3) is 11.1 Å². The van der Waals surface area contributed by atoms with Crippen LogP contribution in [0.5, 0.6) is 11.8 Å². The summed E-state index contributed by atoms with van der Waals surface area (Å²) in [4.78, 5) is 40.5. The summed E-state index contributed by atoms with van der Waals surface area (Å²) < 4.78 is 12.1. The van der Waals surface area contributed by atoms with Gasteiger partial charge in [0.2, 0.25) is 11.8 Å². The van der Waals surface area contributed by atoms with E-state index in [9.17, 15) is 9.59 Å². The summed E-state index contributed by atoms with van der Waals surface area (Å²) in [5, 5.41) is -0.430. The SMILES string of the molecule is Cc1ccc(O[C@H]2CCN(c3ccccc3C(=O)Cl)C2)nc1.Cc1ccc(O[C@H]2CCN(c3ccccc3C(=O)N(Cc3ccccc3)Cc3ccccc3)C2)nc1.c1ccc(CCCc2ccccc2)cc1.